The Balaban J connectivity index is 1.99. The molecule has 0 unspecified atom stereocenters. The van der Waals surface area contributed by atoms with E-state index >= 15 is 0 Å². The molecule has 24 heavy (non-hydrogen) atoms. The Hall–Kier alpha value is -1.80. The molecule has 130 valence electrons. The van der Waals surface area contributed by atoms with E-state index < -0.39 is 0 Å². The number of pyridine rings is 1. The van der Waals surface area contributed by atoms with E-state index in [2.05, 4.69) is 15.3 Å². The summed E-state index contributed by atoms with van der Waals surface area (Å²) >= 11 is 3.23. The number of thiazole rings is 1. The zero-order chi connectivity index (χ0) is 17.5. The van der Waals surface area contributed by atoms with Gasteiger partial charge in [0.15, 0.2) is 18.1 Å². The molecule has 0 radical (unpaired) electrons. The van der Waals surface area contributed by atoms with Gasteiger partial charge in [0.05, 0.1) is 19.0 Å². The Morgan fingerprint density at radius 3 is 2.83 bits per heavy atom. The first-order chi connectivity index (χ1) is 11.5. The van der Waals surface area contributed by atoms with Crippen molar-refractivity contribution >= 4 is 29.0 Å². The normalized spacial score (nSPS) is 10.7. The maximum Gasteiger partial charge on any atom is 0.258 e. The number of hydrogen-bond donors (Lipinski definition) is 1. The van der Waals surface area contributed by atoms with Crippen LogP contribution in [0.1, 0.15) is 25.2 Å². The number of rotatable bonds is 8. The van der Waals surface area contributed by atoms with E-state index in [0.717, 1.165) is 15.7 Å². The van der Waals surface area contributed by atoms with Gasteiger partial charge in [-0.2, -0.15) is 0 Å². The summed E-state index contributed by atoms with van der Waals surface area (Å²) in [7, 11) is 1.55. The third-order valence-corrected chi connectivity index (χ3v) is 5.03. The van der Waals surface area contributed by atoms with E-state index in [-0.39, 0.29) is 18.6 Å². The first kappa shape index (κ1) is 18.5. The zero-order valence-corrected chi connectivity index (χ0v) is 15.8. The number of amides is 1. The minimum atomic E-state index is -0.168. The topological polar surface area (TPSA) is 73.3 Å². The summed E-state index contributed by atoms with van der Waals surface area (Å²) in [4.78, 5) is 20.5. The number of hydrogen-bond acceptors (Lipinski definition) is 7. The second-order valence-corrected chi connectivity index (χ2v) is 7.46. The molecule has 6 nitrogen and oxygen atoms in total. The van der Waals surface area contributed by atoms with Crippen molar-refractivity contribution in [3.63, 3.8) is 0 Å². The van der Waals surface area contributed by atoms with Crippen molar-refractivity contribution < 1.29 is 14.3 Å². The summed E-state index contributed by atoms with van der Waals surface area (Å²) in [5, 5.41) is 4.80. The SMILES string of the molecule is COc1cnc(CSc2nc(C)cs2)cc1OCC(=O)NC(C)C. The molecular weight excluding hydrogens is 346 g/mol. The van der Waals surface area contributed by atoms with Gasteiger partial charge >= 0.3 is 0 Å². The number of ether oxygens (including phenoxy) is 2. The van der Waals surface area contributed by atoms with Crippen LogP contribution < -0.4 is 14.8 Å². The number of methoxy groups -OCH3 is 1. The Morgan fingerprint density at radius 1 is 1.42 bits per heavy atom. The molecule has 0 aliphatic heterocycles. The molecule has 0 saturated heterocycles. The molecule has 0 saturated carbocycles. The van der Waals surface area contributed by atoms with Crippen LogP contribution in [0.25, 0.3) is 0 Å². The predicted octanol–water partition coefficient (Wildman–Crippen LogP) is 3.05. The molecule has 0 aliphatic carbocycles. The van der Waals surface area contributed by atoms with Crippen molar-refractivity contribution in [2.75, 3.05) is 13.7 Å². The zero-order valence-electron chi connectivity index (χ0n) is 14.2. The minimum absolute atomic E-state index is 0.0587. The monoisotopic (exact) mass is 367 g/mol. The molecule has 2 heterocycles. The maximum absolute atomic E-state index is 11.7. The van der Waals surface area contributed by atoms with E-state index in [1.54, 1.807) is 42.5 Å². The highest BCUT2D eigenvalue weighted by Gasteiger charge is 2.11. The second-order valence-electron chi connectivity index (χ2n) is 5.38. The summed E-state index contributed by atoms with van der Waals surface area (Å²) in [6, 6.07) is 1.88. The fourth-order valence-corrected chi connectivity index (χ4v) is 3.60. The quantitative estimate of drug-likeness (QED) is 0.723. The highest BCUT2D eigenvalue weighted by atomic mass is 32.2. The summed E-state index contributed by atoms with van der Waals surface area (Å²) in [6.07, 6.45) is 1.61. The molecular formula is C16H21N3O3S2. The van der Waals surface area contributed by atoms with Gasteiger partial charge in [0.25, 0.3) is 5.91 Å². The summed E-state index contributed by atoms with van der Waals surface area (Å²) in [6.45, 7) is 5.72. The van der Waals surface area contributed by atoms with Crippen molar-refractivity contribution in [3.05, 3.63) is 29.0 Å². The van der Waals surface area contributed by atoms with E-state index in [1.807, 2.05) is 26.2 Å². The number of aryl methyl sites for hydroxylation is 1. The standard InChI is InChI=1S/C16H21N3O3S2/c1-10(2)18-15(20)7-22-13-5-12(17-6-14(13)21-4)9-24-16-19-11(3)8-23-16/h5-6,8,10H,7,9H2,1-4H3,(H,18,20). The van der Waals surface area contributed by atoms with Gasteiger partial charge in [-0.3, -0.25) is 9.78 Å². The largest absolute Gasteiger partial charge is 0.491 e. The molecule has 0 aliphatic rings. The average molecular weight is 367 g/mol. The smallest absolute Gasteiger partial charge is 0.258 e. The predicted molar refractivity (Wildman–Crippen MR) is 96.0 cm³/mol. The van der Waals surface area contributed by atoms with E-state index in [9.17, 15) is 4.79 Å². The summed E-state index contributed by atoms with van der Waals surface area (Å²) in [5.41, 5.74) is 1.86. The van der Waals surface area contributed by atoms with Gasteiger partial charge in [0, 0.05) is 28.9 Å². The van der Waals surface area contributed by atoms with Crippen LogP contribution in [0.5, 0.6) is 11.5 Å². The van der Waals surface area contributed by atoms with Gasteiger partial charge in [-0.05, 0) is 20.8 Å². The highest BCUT2D eigenvalue weighted by molar-refractivity contribution is 8.00. The van der Waals surface area contributed by atoms with Gasteiger partial charge in [-0.25, -0.2) is 4.98 Å². The van der Waals surface area contributed by atoms with Crippen molar-refractivity contribution in [2.45, 2.75) is 36.9 Å². The van der Waals surface area contributed by atoms with Crippen LogP contribution in [0.2, 0.25) is 0 Å². The third kappa shape index (κ3) is 5.68. The lowest BCUT2D eigenvalue weighted by atomic mass is 10.3. The van der Waals surface area contributed by atoms with Crippen LogP contribution in [0.3, 0.4) is 0 Å². The highest BCUT2D eigenvalue weighted by Crippen LogP contribution is 2.30. The molecule has 0 bridgehead atoms. The van der Waals surface area contributed by atoms with Crippen LogP contribution in [0.15, 0.2) is 22.0 Å². The maximum atomic E-state index is 11.7. The van der Waals surface area contributed by atoms with Crippen LogP contribution in [0, 0.1) is 6.92 Å². The van der Waals surface area contributed by atoms with Crippen LogP contribution in [-0.4, -0.2) is 35.6 Å². The van der Waals surface area contributed by atoms with Crippen molar-refractivity contribution in [1.82, 2.24) is 15.3 Å². The molecule has 2 aromatic heterocycles. The molecule has 1 amide bonds. The van der Waals surface area contributed by atoms with Crippen LogP contribution in [0.4, 0.5) is 0 Å². The Bertz CT molecular complexity index is 689. The average Bonchev–Trinajstić information content (AvgIpc) is 2.96. The molecule has 2 rings (SSSR count). The van der Waals surface area contributed by atoms with Gasteiger partial charge in [-0.15, -0.1) is 11.3 Å². The number of nitrogens with one attached hydrogen (secondary N) is 1. The number of aromatic nitrogens is 2. The summed E-state index contributed by atoms with van der Waals surface area (Å²) in [5.74, 6) is 1.52. The molecule has 1 N–H and O–H groups in total. The Labute approximate surface area is 150 Å². The molecule has 0 fully saturated rings. The fraction of sp³-hybridized carbons (Fsp3) is 0.438. The molecule has 0 spiro atoms. The molecule has 8 heteroatoms. The first-order valence-corrected chi connectivity index (χ1v) is 9.34. The van der Waals surface area contributed by atoms with Gasteiger partial charge in [-0.1, -0.05) is 11.8 Å². The van der Waals surface area contributed by atoms with Gasteiger partial charge in [0.2, 0.25) is 0 Å². The van der Waals surface area contributed by atoms with Gasteiger partial charge < -0.3 is 14.8 Å². The molecule has 2 aromatic rings. The number of thioether (sulfide) groups is 1. The number of carbonyl (C=O) groups is 1. The fourth-order valence-electron chi connectivity index (χ4n) is 1.85. The van der Waals surface area contributed by atoms with Crippen LogP contribution >= 0.6 is 23.1 Å². The first-order valence-electron chi connectivity index (χ1n) is 7.48. The summed E-state index contributed by atoms with van der Waals surface area (Å²) < 4.78 is 11.8. The van der Waals surface area contributed by atoms with E-state index in [1.165, 1.54) is 0 Å². The Morgan fingerprint density at radius 2 is 2.21 bits per heavy atom. The van der Waals surface area contributed by atoms with Crippen molar-refractivity contribution in [1.29, 1.82) is 0 Å². The lowest BCUT2D eigenvalue weighted by molar-refractivity contribution is -0.123. The third-order valence-electron chi connectivity index (χ3n) is 2.86. The molecule has 0 aromatic carbocycles. The number of carbonyl (C=O) groups excluding carboxylic acids is 1. The Kier molecular flexibility index (Phi) is 6.86. The van der Waals surface area contributed by atoms with Crippen molar-refractivity contribution in [2.24, 2.45) is 0 Å². The van der Waals surface area contributed by atoms with Crippen molar-refractivity contribution in [3.8, 4) is 11.5 Å². The number of nitrogens with zero attached hydrogens (tertiary/aromatic N) is 2. The lowest BCUT2D eigenvalue weighted by Gasteiger charge is -2.12. The molecule has 0 atom stereocenters. The van der Waals surface area contributed by atoms with Gasteiger partial charge in [0.1, 0.15) is 4.34 Å². The second kappa shape index (κ2) is 8.89. The van der Waals surface area contributed by atoms with E-state index in [0.29, 0.717) is 17.3 Å². The van der Waals surface area contributed by atoms with E-state index in [4.69, 9.17) is 9.47 Å². The lowest BCUT2D eigenvalue weighted by Crippen LogP contribution is -2.34. The van der Waals surface area contributed by atoms with Crippen LogP contribution in [-0.2, 0) is 10.5 Å². The minimum Gasteiger partial charge on any atom is -0.491 e.